The molecule has 0 unspecified atom stereocenters. The molecule has 110 valence electrons. The van der Waals surface area contributed by atoms with E-state index in [0.717, 1.165) is 19.3 Å². The number of carboxylic acids is 1. The van der Waals surface area contributed by atoms with E-state index in [2.05, 4.69) is 0 Å². The van der Waals surface area contributed by atoms with Crippen LogP contribution in [0.5, 0.6) is 0 Å². The summed E-state index contributed by atoms with van der Waals surface area (Å²) >= 11 is 0. The van der Waals surface area contributed by atoms with Crippen molar-refractivity contribution < 1.29 is 18.3 Å². The van der Waals surface area contributed by atoms with Crippen LogP contribution in [0, 0.1) is 0 Å². The summed E-state index contributed by atoms with van der Waals surface area (Å²) < 4.78 is 27.6. The van der Waals surface area contributed by atoms with Crippen LogP contribution in [-0.4, -0.2) is 43.9 Å². The van der Waals surface area contributed by atoms with Gasteiger partial charge in [0.1, 0.15) is 0 Å². The summed E-state index contributed by atoms with van der Waals surface area (Å²) in [5.41, 5.74) is 0.595. The second-order valence-electron chi connectivity index (χ2n) is 4.79. The van der Waals surface area contributed by atoms with Gasteiger partial charge in [-0.05, 0) is 37.1 Å². The van der Waals surface area contributed by atoms with Gasteiger partial charge in [-0.1, -0.05) is 6.42 Å². The monoisotopic (exact) mass is 298 g/mol. The number of nitrogens with zero attached hydrogens (tertiary/aromatic N) is 2. The molecule has 0 aromatic heterocycles. The van der Waals surface area contributed by atoms with Gasteiger partial charge in [-0.2, -0.15) is 12.7 Å². The lowest BCUT2D eigenvalue weighted by atomic mass is 10.2. The molecule has 1 heterocycles. The summed E-state index contributed by atoms with van der Waals surface area (Å²) in [6.07, 6.45) is 2.82. The first-order chi connectivity index (χ1) is 9.43. The largest absolute Gasteiger partial charge is 0.478 e. The van der Waals surface area contributed by atoms with Crippen LogP contribution >= 0.6 is 0 Å². The van der Waals surface area contributed by atoms with Gasteiger partial charge in [-0.3, -0.25) is 4.31 Å². The minimum Gasteiger partial charge on any atom is -0.478 e. The SMILES string of the molecule is CN(c1ccc(C(=O)O)cc1)S(=O)(=O)N1CCCCC1. The second-order valence-corrected chi connectivity index (χ2v) is 6.75. The van der Waals surface area contributed by atoms with Gasteiger partial charge in [0.2, 0.25) is 0 Å². The normalized spacial score (nSPS) is 16.9. The molecule has 1 aliphatic rings. The molecule has 1 saturated heterocycles. The van der Waals surface area contributed by atoms with Crippen molar-refractivity contribution in [3.05, 3.63) is 29.8 Å². The van der Waals surface area contributed by atoms with E-state index in [1.165, 1.54) is 39.9 Å². The number of anilines is 1. The fourth-order valence-electron chi connectivity index (χ4n) is 2.22. The lowest BCUT2D eigenvalue weighted by Gasteiger charge is -2.31. The Bertz CT molecular complexity index is 577. The minimum absolute atomic E-state index is 0.137. The van der Waals surface area contributed by atoms with E-state index in [-0.39, 0.29) is 5.56 Å². The van der Waals surface area contributed by atoms with Gasteiger partial charge in [-0.15, -0.1) is 0 Å². The van der Waals surface area contributed by atoms with Gasteiger partial charge >= 0.3 is 16.2 Å². The van der Waals surface area contributed by atoms with E-state index in [1.54, 1.807) is 0 Å². The maximum Gasteiger partial charge on any atom is 0.335 e. The molecule has 0 radical (unpaired) electrons. The number of benzene rings is 1. The summed E-state index contributed by atoms with van der Waals surface area (Å²) in [5.74, 6) is -1.03. The fraction of sp³-hybridized carbons (Fsp3) is 0.462. The average Bonchev–Trinajstić information content (AvgIpc) is 2.47. The van der Waals surface area contributed by atoms with E-state index in [1.807, 2.05) is 0 Å². The molecule has 1 aromatic rings. The van der Waals surface area contributed by atoms with Crippen molar-refractivity contribution in [2.75, 3.05) is 24.4 Å². The molecule has 0 saturated carbocycles. The Morgan fingerprint density at radius 3 is 2.20 bits per heavy atom. The Kier molecular flexibility index (Phi) is 4.29. The summed E-state index contributed by atoms with van der Waals surface area (Å²) in [7, 11) is -2.04. The van der Waals surface area contributed by atoms with Gasteiger partial charge in [-0.25, -0.2) is 4.79 Å². The van der Waals surface area contributed by atoms with Crippen LogP contribution in [0.3, 0.4) is 0 Å². The van der Waals surface area contributed by atoms with E-state index in [4.69, 9.17) is 5.11 Å². The van der Waals surface area contributed by atoms with Crippen LogP contribution in [-0.2, 0) is 10.2 Å². The molecule has 1 fully saturated rings. The second kappa shape index (κ2) is 5.80. The molecule has 1 aliphatic heterocycles. The van der Waals surface area contributed by atoms with Crippen molar-refractivity contribution in [3.63, 3.8) is 0 Å². The first-order valence-corrected chi connectivity index (χ1v) is 7.90. The van der Waals surface area contributed by atoms with E-state index < -0.39 is 16.2 Å². The Labute approximate surface area is 118 Å². The first kappa shape index (κ1) is 14.8. The number of rotatable bonds is 4. The lowest BCUT2D eigenvalue weighted by molar-refractivity contribution is 0.0697. The number of aromatic carboxylic acids is 1. The average molecular weight is 298 g/mol. The lowest BCUT2D eigenvalue weighted by Crippen LogP contribution is -2.44. The molecule has 1 N–H and O–H groups in total. The third-order valence-corrected chi connectivity index (χ3v) is 5.39. The first-order valence-electron chi connectivity index (χ1n) is 6.50. The molecular formula is C13H18N2O4S. The molecule has 20 heavy (non-hydrogen) atoms. The van der Waals surface area contributed by atoms with Crippen molar-refractivity contribution in [2.24, 2.45) is 0 Å². The topological polar surface area (TPSA) is 77.9 Å². The number of hydrogen-bond acceptors (Lipinski definition) is 3. The highest BCUT2D eigenvalue weighted by Gasteiger charge is 2.28. The third-order valence-electron chi connectivity index (χ3n) is 3.47. The number of carbonyl (C=O) groups is 1. The summed E-state index contributed by atoms with van der Waals surface area (Å²) in [6.45, 7) is 1.08. The molecule has 0 spiro atoms. The molecule has 6 nitrogen and oxygen atoms in total. The summed E-state index contributed by atoms with van der Waals surface area (Å²) in [6, 6.07) is 5.82. The molecule has 0 amide bonds. The number of hydrogen-bond donors (Lipinski definition) is 1. The molecule has 1 aromatic carbocycles. The van der Waals surface area contributed by atoms with Crippen molar-refractivity contribution in [1.29, 1.82) is 0 Å². The van der Waals surface area contributed by atoms with Crippen molar-refractivity contribution in [2.45, 2.75) is 19.3 Å². The fourth-order valence-corrected chi connectivity index (χ4v) is 3.67. The smallest absolute Gasteiger partial charge is 0.335 e. The highest BCUT2D eigenvalue weighted by molar-refractivity contribution is 7.90. The van der Waals surface area contributed by atoms with Gasteiger partial charge in [0, 0.05) is 20.1 Å². The predicted molar refractivity (Wildman–Crippen MR) is 76.1 cm³/mol. The molecule has 0 aliphatic carbocycles. The minimum atomic E-state index is -3.53. The Balaban J connectivity index is 2.20. The van der Waals surface area contributed by atoms with Gasteiger partial charge in [0.25, 0.3) is 0 Å². The van der Waals surface area contributed by atoms with Crippen molar-refractivity contribution in [3.8, 4) is 0 Å². The Morgan fingerprint density at radius 1 is 1.15 bits per heavy atom. The standard InChI is InChI=1S/C13H18N2O4S/c1-14(12-7-5-11(6-8-12)13(16)17)20(18,19)15-9-3-2-4-10-15/h5-8H,2-4,9-10H2,1H3,(H,16,17). The van der Waals surface area contributed by atoms with Crippen LogP contribution in [0.1, 0.15) is 29.6 Å². The van der Waals surface area contributed by atoms with E-state index in [9.17, 15) is 13.2 Å². The predicted octanol–water partition coefficient (Wildman–Crippen LogP) is 1.55. The Morgan fingerprint density at radius 2 is 1.70 bits per heavy atom. The summed E-state index contributed by atoms with van der Waals surface area (Å²) in [4.78, 5) is 10.8. The van der Waals surface area contributed by atoms with Gasteiger partial charge in [0.15, 0.2) is 0 Å². The maximum atomic E-state index is 12.4. The van der Waals surface area contributed by atoms with Crippen LogP contribution in [0.25, 0.3) is 0 Å². The van der Waals surface area contributed by atoms with Crippen LogP contribution < -0.4 is 4.31 Å². The molecule has 7 heteroatoms. The zero-order chi connectivity index (χ0) is 14.8. The van der Waals surface area contributed by atoms with E-state index >= 15 is 0 Å². The quantitative estimate of drug-likeness (QED) is 0.915. The zero-order valence-electron chi connectivity index (χ0n) is 11.3. The summed E-state index contributed by atoms with van der Waals surface area (Å²) in [5, 5.41) is 8.84. The van der Waals surface area contributed by atoms with Crippen LogP contribution in [0.15, 0.2) is 24.3 Å². The molecule has 0 bridgehead atoms. The van der Waals surface area contributed by atoms with Crippen molar-refractivity contribution in [1.82, 2.24) is 4.31 Å². The van der Waals surface area contributed by atoms with Gasteiger partial charge < -0.3 is 5.11 Å². The molecular weight excluding hydrogens is 280 g/mol. The maximum absolute atomic E-state index is 12.4. The molecule has 0 atom stereocenters. The molecule has 2 rings (SSSR count). The number of carboxylic acid groups (broad SMARTS) is 1. The van der Waals surface area contributed by atoms with Crippen LogP contribution in [0.2, 0.25) is 0 Å². The third kappa shape index (κ3) is 2.94. The highest BCUT2D eigenvalue weighted by atomic mass is 32.2. The highest BCUT2D eigenvalue weighted by Crippen LogP contribution is 2.22. The number of piperidine rings is 1. The van der Waals surface area contributed by atoms with Crippen molar-refractivity contribution >= 4 is 21.9 Å². The van der Waals surface area contributed by atoms with E-state index in [0.29, 0.717) is 18.8 Å². The zero-order valence-corrected chi connectivity index (χ0v) is 12.1. The van der Waals surface area contributed by atoms with Crippen LogP contribution in [0.4, 0.5) is 5.69 Å². The van der Waals surface area contributed by atoms with Gasteiger partial charge in [0.05, 0.1) is 11.3 Å². The Hall–Kier alpha value is -1.60.